The standard InChI is InChI=1S/C18H28N8O7/c1-8(19)15(29)25-11(5-14(21)28)17(31)24-10(2-3-13(20)27)16(30)26-12(18(32)33)4-9-6-22-7-23-9/h6-8,10-12H,2-5,19H2,1H3,(H2,20,27)(H2,21,28)(H,22,23)(H,24,31)(H,25,29)(H,26,30)(H,32,33). The van der Waals surface area contributed by atoms with Crippen LogP contribution in [0.5, 0.6) is 0 Å². The molecular formula is C18H28N8O7. The summed E-state index contributed by atoms with van der Waals surface area (Å²) in [7, 11) is 0. The summed E-state index contributed by atoms with van der Waals surface area (Å²) in [6.45, 7) is 1.35. The van der Waals surface area contributed by atoms with Crippen molar-refractivity contribution in [3.05, 3.63) is 18.2 Å². The Morgan fingerprint density at radius 1 is 0.970 bits per heavy atom. The monoisotopic (exact) mass is 468 g/mol. The van der Waals surface area contributed by atoms with Crippen molar-refractivity contribution in [2.75, 3.05) is 0 Å². The molecule has 0 aliphatic carbocycles. The van der Waals surface area contributed by atoms with Crippen LogP contribution in [-0.2, 0) is 35.2 Å². The van der Waals surface area contributed by atoms with E-state index in [1.165, 1.54) is 19.4 Å². The fraction of sp³-hybridized carbons (Fsp3) is 0.500. The molecule has 0 aliphatic rings. The first-order valence-corrected chi connectivity index (χ1v) is 9.84. The average molecular weight is 468 g/mol. The Hall–Kier alpha value is -4.01. The molecule has 0 aromatic carbocycles. The normalized spacial score (nSPS) is 14.2. The molecule has 0 saturated carbocycles. The molecule has 4 atom stereocenters. The van der Waals surface area contributed by atoms with E-state index in [1.807, 2.05) is 0 Å². The van der Waals surface area contributed by atoms with Crippen LogP contribution in [0.1, 0.15) is 31.9 Å². The van der Waals surface area contributed by atoms with Crippen molar-refractivity contribution in [2.24, 2.45) is 17.2 Å². The minimum atomic E-state index is -1.45. The fourth-order valence-corrected chi connectivity index (χ4v) is 2.63. The Morgan fingerprint density at radius 3 is 2.03 bits per heavy atom. The van der Waals surface area contributed by atoms with E-state index in [0.29, 0.717) is 5.69 Å². The minimum Gasteiger partial charge on any atom is -0.480 e. The number of hydrogen-bond donors (Lipinski definition) is 8. The quantitative estimate of drug-likeness (QED) is 0.132. The van der Waals surface area contributed by atoms with Gasteiger partial charge in [0.2, 0.25) is 29.5 Å². The highest BCUT2D eigenvalue weighted by atomic mass is 16.4. The number of nitrogens with two attached hydrogens (primary N) is 3. The highest BCUT2D eigenvalue weighted by Crippen LogP contribution is 2.04. The Labute approximate surface area is 188 Å². The molecule has 182 valence electrons. The Bertz CT molecular complexity index is 871. The van der Waals surface area contributed by atoms with Gasteiger partial charge in [-0.15, -0.1) is 0 Å². The summed E-state index contributed by atoms with van der Waals surface area (Å²) < 4.78 is 0. The van der Waals surface area contributed by atoms with E-state index in [4.69, 9.17) is 17.2 Å². The van der Waals surface area contributed by atoms with Crippen LogP contribution in [0, 0.1) is 0 Å². The number of carbonyl (C=O) groups excluding carboxylic acids is 5. The number of amides is 5. The smallest absolute Gasteiger partial charge is 0.326 e. The number of aliphatic carboxylic acids is 1. The zero-order valence-electron chi connectivity index (χ0n) is 17.9. The lowest BCUT2D eigenvalue weighted by atomic mass is 10.1. The molecule has 1 aromatic heterocycles. The molecule has 0 fully saturated rings. The van der Waals surface area contributed by atoms with E-state index in [1.54, 1.807) is 0 Å². The topological polar surface area (TPSA) is 265 Å². The molecule has 15 heteroatoms. The maximum Gasteiger partial charge on any atom is 0.326 e. The summed E-state index contributed by atoms with van der Waals surface area (Å²) in [5.41, 5.74) is 16.1. The molecule has 1 aromatic rings. The van der Waals surface area contributed by atoms with Gasteiger partial charge in [0.1, 0.15) is 18.1 Å². The highest BCUT2D eigenvalue weighted by Gasteiger charge is 2.31. The predicted octanol–water partition coefficient (Wildman–Crippen LogP) is -4.02. The van der Waals surface area contributed by atoms with Gasteiger partial charge in [-0.3, -0.25) is 24.0 Å². The summed E-state index contributed by atoms with van der Waals surface area (Å²) >= 11 is 0. The van der Waals surface area contributed by atoms with E-state index in [2.05, 4.69) is 25.9 Å². The van der Waals surface area contributed by atoms with E-state index in [0.717, 1.165) is 0 Å². The largest absolute Gasteiger partial charge is 0.480 e. The summed E-state index contributed by atoms with van der Waals surface area (Å²) in [6.07, 6.45) is 1.40. The van der Waals surface area contributed by atoms with Crippen LogP contribution in [0.2, 0.25) is 0 Å². The molecule has 0 radical (unpaired) electrons. The lowest BCUT2D eigenvalue weighted by Gasteiger charge is -2.24. The number of imidazole rings is 1. The molecule has 1 heterocycles. The number of nitrogens with zero attached hydrogens (tertiary/aromatic N) is 1. The molecule has 33 heavy (non-hydrogen) atoms. The number of nitrogens with one attached hydrogen (secondary N) is 4. The van der Waals surface area contributed by atoms with Crippen molar-refractivity contribution in [1.82, 2.24) is 25.9 Å². The van der Waals surface area contributed by atoms with E-state index >= 15 is 0 Å². The number of H-pyrrole nitrogens is 1. The minimum absolute atomic E-state index is 0.133. The van der Waals surface area contributed by atoms with Gasteiger partial charge in [-0.2, -0.15) is 0 Å². The lowest BCUT2D eigenvalue weighted by molar-refractivity contribution is -0.142. The summed E-state index contributed by atoms with van der Waals surface area (Å²) in [4.78, 5) is 77.8. The van der Waals surface area contributed by atoms with Gasteiger partial charge in [0, 0.05) is 24.7 Å². The van der Waals surface area contributed by atoms with Crippen LogP contribution in [0.25, 0.3) is 0 Å². The molecule has 0 saturated heterocycles. The van der Waals surface area contributed by atoms with Gasteiger partial charge in [0.15, 0.2) is 0 Å². The number of carbonyl (C=O) groups is 6. The van der Waals surface area contributed by atoms with Crippen LogP contribution >= 0.6 is 0 Å². The molecule has 1 rings (SSSR count). The molecule has 15 nitrogen and oxygen atoms in total. The number of carboxylic acids is 1. The molecule has 11 N–H and O–H groups in total. The van der Waals surface area contributed by atoms with E-state index in [9.17, 15) is 33.9 Å². The third-order valence-electron chi connectivity index (χ3n) is 4.36. The molecule has 5 amide bonds. The van der Waals surface area contributed by atoms with Crippen molar-refractivity contribution in [3.8, 4) is 0 Å². The van der Waals surface area contributed by atoms with Crippen molar-refractivity contribution >= 4 is 35.5 Å². The molecular weight excluding hydrogens is 440 g/mol. The second-order valence-corrected chi connectivity index (χ2v) is 7.27. The highest BCUT2D eigenvalue weighted by molar-refractivity contribution is 5.96. The lowest BCUT2D eigenvalue weighted by Crippen LogP contribution is -2.57. The molecule has 4 unspecified atom stereocenters. The number of primary amides is 2. The van der Waals surface area contributed by atoms with Gasteiger partial charge >= 0.3 is 5.97 Å². The summed E-state index contributed by atoms with van der Waals surface area (Å²) in [5, 5.41) is 16.2. The zero-order valence-corrected chi connectivity index (χ0v) is 17.9. The van der Waals surface area contributed by atoms with Crippen molar-refractivity contribution < 1.29 is 33.9 Å². The number of hydrogen-bond acceptors (Lipinski definition) is 8. The fourth-order valence-electron chi connectivity index (χ4n) is 2.63. The first-order chi connectivity index (χ1) is 15.4. The van der Waals surface area contributed by atoms with Gasteiger partial charge in [-0.25, -0.2) is 9.78 Å². The van der Waals surface area contributed by atoms with Gasteiger partial charge in [-0.1, -0.05) is 0 Å². The van der Waals surface area contributed by atoms with Crippen molar-refractivity contribution in [1.29, 1.82) is 0 Å². The number of aromatic nitrogens is 2. The molecule has 0 spiro atoms. The van der Waals surface area contributed by atoms with Crippen LogP contribution in [0.4, 0.5) is 0 Å². The third kappa shape index (κ3) is 9.77. The Balaban J connectivity index is 3.00. The van der Waals surface area contributed by atoms with Crippen LogP contribution in [0.15, 0.2) is 12.5 Å². The van der Waals surface area contributed by atoms with E-state index < -0.39 is 66.1 Å². The predicted molar refractivity (Wildman–Crippen MR) is 112 cm³/mol. The Morgan fingerprint density at radius 2 is 1.55 bits per heavy atom. The van der Waals surface area contributed by atoms with Crippen LogP contribution < -0.4 is 33.2 Å². The maximum absolute atomic E-state index is 12.7. The first-order valence-electron chi connectivity index (χ1n) is 9.84. The second kappa shape index (κ2) is 12.7. The zero-order chi connectivity index (χ0) is 25.1. The Kier molecular flexibility index (Phi) is 10.4. The molecule has 0 bridgehead atoms. The van der Waals surface area contributed by atoms with Crippen LogP contribution in [0.3, 0.4) is 0 Å². The number of aromatic amines is 1. The van der Waals surface area contributed by atoms with Crippen LogP contribution in [-0.4, -0.2) is 74.7 Å². The summed E-state index contributed by atoms with van der Waals surface area (Å²) in [5.74, 6) is -5.67. The SMILES string of the molecule is CC(N)C(=O)NC(CC(N)=O)C(=O)NC(CCC(N)=O)C(=O)NC(Cc1cnc[nH]1)C(=O)O. The van der Waals surface area contributed by atoms with Crippen molar-refractivity contribution in [3.63, 3.8) is 0 Å². The maximum atomic E-state index is 12.7. The molecule has 0 aliphatic heterocycles. The average Bonchev–Trinajstić information content (AvgIpc) is 3.22. The first kappa shape index (κ1) is 27.0. The summed E-state index contributed by atoms with van der Waals surface area (Å²) in [6, 6.07) is -5.24. The number of carboxylic acid groups (broad SMARTS) is 1. The van der Waals surface area contributed by atoms with Gasteiger partial charge < -0.3 is 43.2 Å². The third-order valence-corrected chi connectivity index (χ3v) is 4.36. The van der Waals surface area contributed by atoms with E-state index in [-0.39, 0.29) is 19.3 Å². The number of rotatable bonds is 14. The van der Waals surface area contributed by atoms with Crippen molar-refractivity contribution in [2.45, 2.75) is 56.8 Å². The second-order valence-electron chi connectivity index (χ2n) is 7.27. The van der Waals surface area contributed by atoms with Gasteiger partial charge in [0.25, 0.3) is 0 Å². The van der Waals surface area contributed by atoms with Gasteiger partial charge in [0.05, 0.1) is 18.8 Å². The van der Waals surface area contributed by atoms with Gasteiger partial charge in [-0.05, 0) is 13.3 Å².